The fraction of sp³-hybridized carbons (Fsp3) is 0.273. The van der Waals surface area contributed by atoms with Gasteiger partial charge in [0.1, 0.15) is 12.9 Å². The van der Waals surface area contributed by atoms with Gasteiger partial charge < -0.3 is 5.32 Å². The highest BCUT2D eigenvalue weighted by molar-refractivity contribution is 9.10. The number of carbonyl (C=O) groups is 1. The van der Waals surface area contributed by atoms with Gasteiger partial charge in [0, 0.05) is 4.47 Å². The smallest absolute Gasteiger partial charge is 0.246 e. The number of aromatic nitrogens is 4. The molecule has 1 N–H and O–H groups in total. The number of carbonyl (C=O) groups excluding carboxylic acids is 1. The van der Waals surface area contributed by atoms with E-state index in [0.29, 0.717) is 0 Å². The average molecular weight is 310 g/mol. The average Bonchev–Trinajstić information content (AvgIpc) is 2.76. The molecule has 1 aromatic carbocycles. The summed E-state index contributed by atoms with van der Waals surface area (Å²) in [6.07, 6.45) is 1.40. The van der Waals surface area contributed by atoms with Gasteiger partial charge in [0.05, 0.1) is 5.69 Å². The van der Waals surface area contributed by atoms with Gasteiger partial charge in [-0.2, -0.15) is 0 Å². The summed E-state index contributed by atoms with van der Waals surface area (Å²) in [4.78, 5) is 11.8. The van der Waals surface area contributed by atoms with Gasteiger partial charge in [-0.25, -0.2) is 4.68 Å². The number of anilines is 1. The van der Waals surface area contributed by atoms with Gasteiger partial charge in [-0.3, -0.25) is 4.79 Å². The summed E-state index contributed by atoms with van der Waals surface area (Å²) < 4.78 is 2.23. The van der Waals surface area contributed by atoms with Crippen molar-refractivity contribution in [3.63, 3.8) is 0 Å². The molecule has 0 aliphatic carbocycles. The molecule has 0 radical (unpaired) electrons. The van der Waals surface area contributed by atoms with E-state index in [1.54, 1.807) is 0 Å². The lowest BCUT2D eigenvalue weighted by Crippen LogP contribution is -2.20. The number of amides is 1. The van der Waals surface area contributed by atoms with Crippen molar-refractivity contribution >= 4 is 27.5 Å². The lowest BCUT2D eigenvalue weighted by Gasteiger charge is -2.11. The zero-order valence-electron chi connectivity index (χ0n) is 10.0. The summed E-state index contributed by atoms with van der Waals surface area (Å²) in [5.41, 5.74) is 2.92. The summed E-state index contributed by atoms with van der Waals surface area (Å²) in [6, 6.07) is 3.97. The Morgan fingerprint density at radius 2 is 2.22 bits per heavy atom. The summed E-state index contributed by atoms with van der Waals surface area (Å²) in [7, 11) is 0. The fourth-order valence-corrected chi connectivity index (χ4v) is 2.43. The monoisotopic (exact) mass is 309 g/mol. The second-order valence-corrected chi connectivity index (χ2v) is 4.85. The molecule has 18 heavy (non-hydrogen) atoms. The van der Waals surface area contributed by atoms with Crippen LogP contribution in [0.5, 0.6) is 0 Å². The maximum Gasteiger partial charge on any atom is 0.246 e. The van der Waals surface area contributed by atoms with E-state index in [0.717, 1.165) is 21.3 Å². The molecule has 2 rings (SSSR count). The Labute approximate surface area is 113 Å². The topological polar surface area (TPSA) is 72.7 Å². The number of rotatable bonds is 3. The van der Waals surface area contributed by atoms with Crippen LogP contribution in [0.3, 0.4) is 0 Å². The van der Waals surface area contributed by atoms with Crippen LogP contribution in [0.25, 0.3) is 0 Å². The molecule has 0 saturated carbocycles. The number of hydrogen-bond acceptors (Lipinski definition) is 4. The Kier molecular flexibility index (Phi) is 3.71. The molecule has 0 aliphatic rings. The Hall–Kier alpha value is -1.76. The second kappa shape index (κ2) is 5.26. The van der Waals surface area contributed by atoms with E-state index in [1.165, 1.54) is 11.0 Å². The highest BCUT2D eigenvalue weighted by Crippen LogP contribution is 2.27. The third-order valence-electron chi connectivity index (χ3n) is 2.39. The number of aryl methyl sites for hydroxylation is 2. The fourth-order valence-electron chi connectivity index (χ4n) is 1.65. The molecule has 6 nitrogen and oxygen atoms in total. The first kappa shape index (κ1) is 12.7. The van der Waals surface area contributed by atoms with E-state index in [-0.39, 0.29) is 12.5 Å². The molecule has 2 aromatic rings. The molecule has 0 saturated heterocycles. The van der Waals surface area contributed by atoms with Gasteiger partial charge in [-0.1, -0.05) is 6.07 Å². The second-order valence-electron chi connectivity index (χ2n) is 3.99. The number of tetrazole rings is 1. The quantitative estimate of drug-likeness (QED) is 0.936. The molecule has 0 bridgehead atoms. The molecule has 7 heteroatoms. The van der Waals surface area contributed by atoms with E-state index in [9.17, 15) is 4.79 Å². The van der Waals surface area contributed by atoms with Crippen molar-refractivity contribution in [3.8, 4) is 0 Å². The first-order chi connectivity index (χ1) is 8.56. The predicted molar refractivity (Wildman–Crippen MR) is 70.1 cm³/mol. The molecule has 0 aliphatic heterocycles. The number of benzene rings is 1. The Bertz CT molecular complexity index is 544. The maximum absolute atomic E-state index is 11.8. The normalized spacial score (nSPS) is 10.4. The lowest BCUT2D eigenvalue weighted by molar-refractivity contribution is -0.116. The van der Waals surface area contributed by atoms with Crippen LogP contribution in [0.15, 0.2) is 22.9 Å². The van der Waals surface area contributed by atoms with Crippen molar-refractivity contribution in [2.75, 3.05) is 5.32 Å². The van der Waals surface area contributed by atoms with Gasteiger partial charge in [0.15, 0.2) is 0 Å². The summed E-state index contributed by atoms with van der Waals surface area (Å²) >= 11 is 3.44. The summed E-state index contributed by atoms with van der Waals surface area (Å²) in [5.74, 6) is -0.171. The largest absolute Gasteiger partial charge is 0.323 e. The SMILES string of the molecule is Cc1cc(C)c(NC(=O)Cn2cnnn2)c(Br)c1. The van der Waals surface area contributed by atoms with Crippen LogP contribution in [0, 0.1) is 13.8 Å². The van der Waals surface area contributed by atoms with Gasteiger partial charge in [-0.15, -0.1) is 5.10 Å². The van der Waals surface area contributed by atoms with E-state index >= 15 is 0 Å². The molecule has 1 heterocycles. The van der Waals surface area contributed by atoms with E-state index in [2.05, 4.69) is 36.8 Å². The van der Waals surface area contributed by atoms with Gasteiger partial charge >= 0.3 is 0 Å². The van der Waals surface area contributed by atoms with Crippen LogP contribution in [-0.2, 0) is 11.3 Å². The number of hydrogen-bond donors (Lipinski definition) is 1. The summed E-state index contributed by atoms with van der Waals surface area (Å²) in [5, 5.41) is 13.4. The number of halogens is 1. The van der Waals surface area contributed by atoms with Crippen LogP contribution in [0.1, 0.15) is 11.1 Å². The zero-order chi connectivity index (χ0) is 13.1. The van der Waals surface area contributed by atoms with Gasteiger partial charge in [0.2, 0.25) is 5.91 Å². The van der Waals surface area contributed by atoms with Crippen molar-refractivity contribution < 1.29 is 4.79 Å². The molecule has 94 valence electrons. The Balaban J connectivity index is 2.12. The molecule has 1 aromatic heterocycles. The van der Waals surface area contributed by atoms with Crippen molar-refractivity contribution in [2.24, 2.45) is 0 Å². The first-order valence-corrected chi connectivity index (χ1v) is 6.13. The number of nitrogens with zero attached hydrogens (tertiary/aromatic N) is 4. The van der Waals surface area contributed by atoms with E-state index in [4.69, 9.17) is 0 Å². The molecule has 0 spiro atoms. The summed E-state index contributed by atoms with van der Waals surface area (Å²) in [6.45, 7) is 4.04. The highest BCUT2D eigenvalue weighted by Gasteiger charge is 2.10. The van der Waals surface area contributed by atoms with Crippen molar-refractivity contribution in [3.05, 3.63) is 34.1 Å². The Morgan fingerprint density at radius 1 is 1.44 bits per heavy atom. The highest BCUT2D eigenvalue weighted by atomic mass is 79.9. The van der Waals surface area contributed by atoms with E-state index in [1.807, 2.05) is 26.0 Å². The molecule has 0 unspecified atom stereocenters. The van der Waals surface area contributed by atoms with Crippen LogP contribution >= 0.6 is 15.9 Å². The molecular weight excluding hydrogens is 298 g/mol. The zero-order valence-corrected chi connectivity index (χ0v) is 11.6. The minimum atomic E-state index is -0.171. The van der Waals surface area contributed by atoms with E-state index < -0.39 is 0 Å². The van der Waals surface area contributed by atoms with Crippen LogP contribution in [0.4, 0.5) is 5.69 Å². The van der Waals surface area contributed by atoms with Crippen molar-refractivity contribution in [1.29, 1.82) is 0 Å². The van der Waals surface area contributed by atoms with Crippen LogP contribution < -0.4 is 5.32 Å². The van der Waals surface area contributed by atoms with Crippen LogP contribution in [0.2, 0.25) is 0 Å². The third-order valence-corrected chi connectivity index (χ3v) is 3.02. The van der Waals surface area contributed by atoms with Crippen molar-refractivity contribution in [1.82, 2.24) is 20.2 Å². The molecule has 1 amide bonds. The molecular formula is C11H12BrN5O. The maximum atomic E-state index is 11.8. The minimum absolute atomic E-state index is 0.0900. The minimum Gasteiger partial charge on any atom is -0.323 e. The third kappa shape index (κ3) is 2.92. The Morgan fingerprint density at radius 3 is 2.83 bits per heavy atom. The van der Waals surface area contributed by atoms with Gasteiger partial charge in [-0.05, 0) is 57.4 Å². The lowest BCUT2D eigenvalue weighted by atomic mass is 10.1. The van der Waals surface area contributed by atoms with Gasteiger partial charge in [0.25, 0.3) is 0 Å². The molecule has 0 fully saturated rings. The predicted octanol–water partition coefficient (Wildman–Crippen LogP) is 1.69. The standard InChI is InChI=1S/C11H12BrN5O/c1-7-3-8(2)11(9(12)4-7)14-10(18)5-17-6-13-15-16-17/h3-4,6H,5H2,1-2H3,(H,14,18). The first-order valence-electron chi connectivity index (χ1n) is 5.33. The number of nitrogens with one attached hydrogen (secondary N) is 1. The van der Waals surface area contributed by atoms with Crippen LogP contribution in [-0.4, -0.2) is 26.1 Å². The van der Waals surface area contributed by atoms with Crippen molar-refractivity contribution in [2.45, 2.75) is 20.4 Å². The molecule has 0 atom stereocenters.